The van der Waals surface area contributed by atoms with E-state index in [0.717, 1.165) is 0 Å². The topological polar surface area (TPSA) is 93.1 Å². The molecule has 0 aromatic heterocycles. The van der Waals surface area contributed by atoms with Crippen LogP contribution in [0.25, 0.3) is 0 Å². The number of rotatable bonds is 5. The molecule has 2 N–H and O–H groups in total. The molecule has 0 amide bonds. The Bertz CT molecular complexity index is 336. The van der Waals surface area contributed by atoms with Gasteiger partial charge in [-0.2, -0.15) is 0 Å². The van der Waals surface area contributed by atoms with E-state index in [4.69, 9.17) is 14.9 Å². The third kappa shape index (κ3) is 15.9. The molecule has 6 nitrogen and oxygen atoms in total. The zero-order valence-electron chi connectivity index (χ0n) is 11.3. The maximum absolute atomic E-state index is 10.0. The first kappa shape index (κ1) is 19.3. The van der Waals surface area contributed by atoms with Crippen molar-refractivity contribution in [3.63, 3.8) is 0 Å². The molecule has 0 aliphatic heterocycles. The van der Waals surface area contributed by atoms with Gasteiger partial charge in [-0.3, -0.25) is 0 Å². The monoisotopic (exact) mass is 272 g/mol. The number of ether oxygens (including phenoxy) is 2. The number of methoxy groups -OCH3 is 1. The molecule has 0 aliphatic rings. The molecule has 108 valence electrons. The van der Waals surface area contributed by atoms with Crippen molar-refractivity contribution >= 4 is 11.9 Å². The van der Waals surface area contributed by atoms with Crippen LogP contribution in [-0.2, 0) is 14.3 Å². The lowest BCUT2D eigenvalue weighted by atomic mass is 10.3. The van der Waals surface area contributed by atoms with Crippen molar-refractivity contribution in [1.29, 1.82) is 0 Å². The van der Waals surface area contributed by atoms with Crippen LogP contribution in [-0.4, -0.2) is 42.5 Å². The molecule has 0 aliphatic carbocycles. The normalized spacial score (nSPS) is 8.16. The van der Waals surface area contributed by atoms with Crippen LogP contribution >= 0.6 is 0 Å². The van der Waals surface area contributed by atoms with Gasteiger partial charge < -0.3 is 19.7 Å². The highest BCUT2D eigenvalue weighted by Gasteiger charge is 1.96. The fourth-order valence-electron chi connectivity index (χ4n) is 0.785. The van der Waals surface area contributed by atoms with Crippen molar-refractivity contribution in [1.82, 2.24) is 0 Å². The van der Waals surface area contributed by atoms with Crippen molar-refractivity contribution in [3.8, 4) is 5.75 Å². The molecule has 0 saturated heterocycles. The number of carbonyl (C=O) groups is 2. The first-order valence-electron chi connectivity index (χ1n) is 5.66. The molecular formula is C13H20O6. The van der Waals surface area contributed by atoms with Gasteiger partial charge in [0.15, 0.2) is 6.61 Å². The standard InChI is InChI=1S/C8H8O3.C3H6O3.C2H6/c9-8(10)6-11-7-4-2-1-3-5-7;1-6-2-3(4)5;1-2/h1-5H,6H2,(H,9,10);2H2,1H3,(H,4,5);1-2H3. The molecule has 0 bridgehead atoms. The molecule has 0 radical (unpaired) electrons. The number of para-hydroxylation sites is 1. The summed E-state index contributed by atoms with van der Waals surface area (Å²) in [7, 11) is 1.34. The second-order valence-electron chi connectivity index (χ2n) is 2.82. The molecule has 1 aromatic rings. The fourth-order valence-corrected chi connectivity index (χ4v) is 0.785. The van der Waals surface area contributed by atoms with Crippen LogP contribution in [0.5, 0.6) is 5.75 Å². The lowest BCUT2D eigenvalue weighted by Gasteiger charge is -2.00. The molecule has 0 unspecified atom stereocenters. The Labute approximate surface area is 112 Å². The SMILES string of the molecule is CC.COCC(=O)O.O=C(O)COc1ccccc1. The Morgan fingerprint density at radius 2 is 1.47 bits per heavy atom. The first-order valence-corrected chi connectivity index (χ1v) is 5.66. The second kappa shape index (κ2) is 14.0. The van der Waals surface area contributed by atoms with Crippen LogP contribution in [0.4, 0.5) is 0 Å². The van der Waals surface area contributed by atoms with Gasteiger partial charge in [-0.25, -0.2) is 9.59 Å². The van der Waals surface area contributed by atoms with Crippen LogP contribution in [0.3, 0.4) is 0 Å². The maximum atomic E-state index is 10.0. The van der Waals surface area contributed by atoms with E-state index in [1.807, 2.05) is 19.9 Å². The van der Waals surface area contributed by atoms with Gasteiger partial charge in [0, 0.05) is 7.11 Å². The number of benzene rings is 1. The average molecular weight is 272 g/mol. The molecule has 0 spiro atoms. The minimum atomic E-state index is -0.964. The van der Waals surface area contributed by atoms with Crippen LogP contribution in [0.1, 0.15) is 13.8 Å². The minimum Gasteiger partial charge on any atom is -0.482 e. The number of aliphatic carboxylic acids is 2. The van der Waals surface area contributed by atoms with E-state index >= 15 is 0 Å². The average Bonchev–Trinajstić information content (AvgIpc) is 2.40. The highest BCUT2D eigenvalue weighted by atomic mass is 16.5. The van der Waals surface area contributed by atoms with Crippen molar-refractivity contribution in [3.05, 3.63) is 30.3 Å². The largest absolute Gasteiger partial charge is 0.482 e. The maximum Gasteiger partial charge on any atom is 0.341 e. The van der Waals surface area contributed by atoms with Crippen molar-refractivity contribution in [2.24, 2.45) is 0 Å². The summed E-state index contributed by atoms with van der Waals surface area (Å²) in [5.41, 5.74) is 0. The van der Waals surface area contributed by atoms with Crippen molar-refractivity contribution in [2.45, 2.75) is 13.8 Å². The Morgan fingerprint density at radius 3 is 1.79 bits per heavy atom. The molecule has 6 heteroatoms. The van der Waals surface area contributed by atoms with Crippen LogP contribution in [0.15, 0.2) is 30.3 Å². The van der Waals surface area contributed by atoms with E-state index in [9.17, 15) is 9.59 Å². The summed E-state index contributed by atoms with van der Waals surface area (Å²) in [6, 6.07) is 8.84. The van der Waals surface area contributed by atoms with Gasteiger partial charge in [-0.05, 0) is 12.1 Å². The lowest BCUT2D eigenvalue weighted by molar-refractivity contribution is -0.141. The van der Waals surface area contributed by atoms with Gasteiger partial charge in [0.05, 0.1) is 0 Å². The molecule has 19 heavy (non-hydrogen) atoms. The minimum absolute atomic E-state index is 0.208. The number of hydrogen-bond donors (Lipinski definition) is 2. The smallest absolute Gasteiger partial charge is 0.341 e. The summed E-state index contributed by atoms with van der Waals surface area (Å²) in [6.07, 6.45) is 0. The van der Waals surface area contributed by atoms with Gasteiger partial charge in [-0.1, -0.05) is 32.0 Å². The van der Waals surface area contributed by atoms with Gasteiger partial charge in [0.25, 0.3) is 0 Å². The van der Waals surface area contributed by atoms with Crippen molar-refractivity contribution in [2.75, 3.05) is 20.3 Å². The molecule has 1 aromatic carbocycles. The highest BCUT2D eigenvalue weighted by molar-refractivity contribution is 5.68. The van der Waals surface area contributed by atoms with Crippen LogP contribution < -0.4 is 4.74 Å². The van der Waals surface area contributed by atoms with Gasteiger partial charge in [0.1, 0.15) is 12.4 Å². The summed E-state index contributed by atoms with van der Waals surface area (Å²) in [4.78, 5) is 19.5. The first-order chi connectivity index (χ1) is 9.06. The zero-order chi connectivity index (χ0) is 15.1. The number of carboxylic acids is 2. The summed E-state index contributed by atoms with van der Waals surface area (Å²) >= 11 is 0. The second-order valence-corrected chi connectivity index (χ2v) is 2.82. The van der Waals surface area contributed by atoms with E-state index in [2.05, 4.69) is 4.74 Å². The predicted molar refractivity (Wildman–Crippen MR) is 70.4 cm³/mol. The molecule has 0 saturated carbocycles. The Hall–Kier alpha value is -2.08. The van der Waals surface area contributed by atoms with Crippen LogP contribution in [0.2, 0.25) is 0 Å². The molecular weight excluding hydrogens is 252 g/mol. The molecule has 0 atom stereocenters. The third-order valence-electron chi connectivity index (χ3n) is 1.37. The van der Waals surface area contributed by atoms with Gasteiger partial charge >= 0.3 is 11.9 Å². The van der Waals surface area contributed by atoms with E-state index in [0.29, 0.717) is 5.75 Å². The highest BCUT2D eigenvalue weighted by Crippen LogP contribution is 2.07. The van der Waals surface area contributed by atoms with Gasteiger partial charge in [-0.15, -0.1) is 0 Å². The Kier molecular flexibility index (Phi) is 14.2. The van der Waals surface area contributed by atoms with Gasteiger partial charge in [0.2, 0.25) is 0 Å². The summed E-state index contributed by atoms with van der Waals surface area (Å²) < 4.78 is 9.07. The Balaban J connectivity index is 0. The van der Waals surface area contributed by atoms with E-state index < -0.39 is 11.9 Å². The van der Waals surface area contributed by atoms with E-state index in [-0.39, 0.29) is 13.2 Å². The molecule has 1 rings (SSSR count). The zero-order valence-corrected chi connectivity index (χ0v) is 11.3. The van der Waals surface area contributed by atoms with E-state index in [1.54, 1.807) is 24.3 Å². The molecule has 0 fully saturated rings. The van der Waals surface area contributed by atoms with Crippen molar-refractivity contribution < 1.29 is 29.3 Å². The lowest BCUT2D eigenvalue weighted by Crippen LogP contribution is -2.09. The quantitative estimate of drug-likeness (QED) is 0.850. The fraction of sp³-hybridized carbons (Fsp3) is 0.385. The summed E-state index contributed by atoms with van der Waals surface area (Å²) in [5, 5.41) is 16.0. The molecule has 0 heterocycles. The predicted octanol–water partition coefficient (Wildman–Crippen LogP) is 1.89. The summed E-state index contributed by atoms with van der Waals surface area (Å²) in [5.74, 6) is -1.32. The summed E-state index contributed by atoms with van der Waals surface area (Å²) in [6.45, 7) is 3.50. The third-order valence-corrected chi connectivity index (χ3v) is 1.37. The van der Waals surface area contributed by atoms with Crippen LogP contribution in [0, 0.1) is 0 Å². The van der Waals surface area contributed by atoms with E-state index in [1.165, 1.54) is 7.11 Å². The Morgan fingerprint density at radius 1 is 1.00 bits per heavy atom. The number of hydrogen-bond acceptors (Lipinski definition) is 4. The number of carboxylic acid groups (broad SMARTS) is 2.